The Morgan fingerprint density at radius 2 is 1.71 bits per heavy atom. The van der Waals surface area contributed by atoms with Crippen LogP contribution in [0.2, 0.25) is 5.02 Å². The third-order valence-electron chi connectivity index (χ3n) is 3.05. The zero-order valence-corrected chi connectivity index (χ0v) is 15.1. The van der Waals surface area contributed by atoms with Gasteiger partial charge >= 0.3 is 10.1 Å². The summed E-state index contributed by atoms with van der Waals surface area (Å²) in [7, 11) is -7.99. The average molecular weight is 389 g/mol. The zero-order chi connectivity index (χ0) is 18.1. The fraction of sp³-hybridized carbons (Fsp3) is 0.133. The minimum absolute atomic E-state index is 0.0801. The van der Waals surface area contributed by atoms with Crippen molar-refractivity contribution in [3.05, 3.63) is 53.1 Å². The van der Waals surface area contributed by atoms with E-state index in [1.54, 1.807) is 0 Å². The van der Waals surface area contributed by atoms with Crippen molar-refractivity contribution in [1.29, 1.82) is 0 Å². The van der Waals surface area contributed by atoms with E-state index in [0.717, 1.165) is 12.3 Å². The predicted octanol–water partition coefficient (Wildman–Crippen LogP) is 2.71. The maximum Gasteiger partial charge on any atom is 0.340 e. The van der Waals surface area contributed by atoms with E-state index in [0.29, 0.717) is 0 Å². The van der Waals surface area contributed by atoms with Crippen molar-refractivity contribution in [2.75, 3.05) is 6.26 Å². The summed E-state index contributed by atoms with van der Waals surface area (Å²) < 4.78 is 52.9. The second-order valence-corrected chi connectivity index (χ2v) is 8.92. The maximum absolute atomic E-state index is 12.4. The summed E-state index contributed by atoms with van der Waals surface area (Å²) in [5, 5.41) is -0.176. The van der Waals surface area contributed by atoms with Crippen LogP contribution in [0.3, 0.4) is 0 Å². The molecule has 24 heavy (non-hydrogen) atoms. The number of carbonyl (C=O) groups is 1. The van der Waals surface area contributed by atoms with Crippen molar-refractivity contribution in [2.45, 2.75) is 16.7 Å². The lowest BCUT2D eigenvalue weighted by molar-refractivity contribution is 0.101. The smallest absolute Gasteiger partial charge is 0.340 e. The third-order valence-corrected chi connectivity index (χ3v) is 5.89. The molecule has 128 valence electrons. The van der Waals surface area contributed by atoms with Crippen LogP contribution in [0.4, 0.5) is 0 Å². The van der Waals surface area contributed by atoms with Gasteiger partial charge in [0.25, 0.3) is 0 Å². The van der Waals surface area contributed by atoms with E-state index in [4.69, 9.17) is 15.8 Å². The van der Waals surface area contributed by atoms with Crippen LogP contribution in [-0.2, 0) is 20.0 Å². The Hall–Kier alpha value is -1.90. The molecule has 0 spiro atoms. The third kappa shape index (κ3) is 4.14. The molecule has 0 aromatic heterocycles. The fourth-order valence-electron chi connectivity index (χ4n) is 1.84. The first-order valence-electron chi connectivity index (χ1n) is 6.56. The number of carbonyl (C=O) groups excluding carboxylic acids is 1. The average Bonchev–Trinajstić information content (AvgIpc) is 2.46. The Labute approximate surface area is 145 Å². The van der Waals surface area contributed by atoms with Gasteiger partial charge in [0.2, 0.25) is 0 Å². The molecule has 0 aliphatic rings. The molecule has 2 rings (SSSR count). The van der Waals surface area contributed by atoms with Crippen molar-refractivity contribution >= 4 is 37.3 Å². The first-order chi connectivity index (χ1) is 11.0. The van der Waals surface area contributed by atoms with Crippen molar-refractivity contribution in [1.82, 2.24) is 0 Å². The number of ketones is 1. The van der Waals surface area contributed by atoms with Gasteiger partial charge in [0, 0.05) is 11.8 Å². The molecule has 0 atom stereocenters. The van der Waals surface area contributed by atoms with Crippen molar-refractivity contribution < 1.29 is 25.8 Å². The molecule has 0 heterocycles. The van der Waals surface area contributed by atoms with E-state index < -0.39 is 24.9 Å². The molecule has 2 aromatic carbocycles. The molecular weight excluding hydrogens is 376 g/mol. The first-order valence-corrected chi connectivity index (χ1v) is 10.2. The summed E-state index contributed by atoms with van der Waals surface area (Å²) in [5.41, 5.74) is 0.277. The lowest BCUT2D eigenvalue weighted by atomic mass is 10.1. The van der Waals surface area contributed by atoms with E-state index in [2.05, 4.69) is 0 Å². The molecule has 0 aliphatic carbocycles. The lowest BCUT2D eigenvalue weighted by Gasteiger charge is -2.10. The van der Waals surface area contributed by atoms with Crippen LogP contribution in [0, 0.1) is 0 Å². The van der Waals surface area contributed by atoms with E-state index in [1.807, 2.05) is 0 Å². The van der Waals surface area contributed by atoms with Crippen molar-refractivity contribution in [3.8, 4) is 5.75 Å². The topological polar surface area (TPSA) is 94.6 Å². The van der Waals surface area contributed by atoms with Gasteiger partial charge in [0.05, 0.1) is 9.92 Å². The number of hydrogen-bond acceptors (Lipinski definition) is 6. The van der Waals surface area contributed by atoms with E-state index in [1.165, 1.54) is 43.3 Å². The number of Topliss-reactive ketones (excluding diaryl/α,β-unsaturated/α-hetero) is 1. The van der Waals surface area contributed by atoms with E-state index >= 15 is 0 Å². The van der Waals surface area contributed by atoms with Crippen molar-refractivity contribution in [3.63, 3.8) is 0 Å². The second kappa shape index (κ2) is 6.54. The highest BCUT2D eigenvalue weighted by molar-refractivity contribution is 7.90. The van der Waals surface area contributed by atoms with Crippen LogP contribution < -0.4 is 4.18 Å². The number of rotatable bonds is 5. The van der Waals surface area contributed by atoms with E-state index in [9.17, 15) is 21.6 Å². The van der Waals surface area contributed by atoms with Gasteiger partial charge in [-0.3, -0.25) is 4.79 Å². The molecule has 0 saturated carbocycles. The summed E-state index contributed by atoms with van der Waals surface area (Å²) in [5.74, 6) is -0.335. The van der Waals surface area contributed by atoms with Crippen LogP contribution in [0.5, 0.6) is 5.75 Å². The number of sulfone groups is 1. The summed E-state index contributed by atoms with van der Waals surface area (Å²) in [6.45, 7) is 1.33. The first kappa shape index (κ1) is 18.4. The molecule has 0 radical (unpaired) electrons. The van der Waals surface area contributed by atoms with E-state index in [-0.39, 0.29) is 27.0 Å². The van der Waals surface area contributed by atoms with Gasteiger partial charge in [-0.25, -0.2) is 8.42 Å². The fourth-order valence-corrected chi connectivity index (χ4v) is 3.99. The Bertz CT molecular complexity index is 1010. The second-order valence-electron chi connectivity index (χ2n) is 4.99. The predicted molar refractivity (Wildman–Crippen MR) is 88.8 cm³/mol. The summed E-state index contributed by atoms with van der Waals surface area (Å²) in [6, 6.07) is 8.91. The minimum Gasteiger partial charge on any atom is -0.379 e. The molecule has 0 bridgehead atoms. The number of halogens is 1. The SMILES string of the molecule is CC(=O)c1cccc(OS(=O)(=O)c2cc(S(C)(=O)=O)ccc2Cl)c1. The Balaban J connectivity index is 2.48. The Morgan fingerprint density at radius 1 is 1.04 bits per heavy atom. The standard InChI is InChI=1S/C15H13ClO6S2/c1-10(17)11-4-3-5-12(8-11)22-24(20,21)15-9-13(23(2,18)19)6-7-14(15)16/h3-9H,1-2H3. The molecule has 0 aliphatic heterocycles. The molecule has 0 fully saturated rings. The van der Waals surface area contributed by atoms with Gasteiger partial charge < -0.3 is 4.18 Å². The van der Waals surface area contributed by atoms with Gasteiger partial charge in [-0.1, -0.05) is 23.7 Å². The van der Waals surface area contributed by atoms with Crippen LogP contribution in [0.25, 0.3) is 0 Å². The Kier molecular flexibility index (Phi) is 5.03. The molecule has 0 N–H and O–H groups in total. The summed E-state index contributed by atoms with van der Waals surface area (Å²) in [6.07, 6.45) is 0.948. The number of benzene rings is 2. The quantitative estimate of drug-likeness (QED) is 0.577. The number of hydrogen-bond donors (Lipinski definition) is 0. The monoisotopic (exact) mass is 388 g/mol. The molecular formula is C15H13ClO6S2. The normalized spacial score (nSPS) is 12.0. The molecule has 0 unspecified atom stereocenters. The molecule has 0 saturated heterocycles. The molecule has 9 heteroatoms. The Morgan fingerprint density at radius 3 is 2.29 bits per heavy atom. The molecule has 0 amide bonds. The lowest BCUT2D eigenvalue weighted by Crippen LogP contribution is -2.12. The zero-order valence-electron chi connectivity index (χ0n) is 12.7. The van der Waals surface area contributed by atoms with Crippen LogP contribution in [-0.4, -0.2) is 28.9 Å². The van der Waals surface area contributed by atoms with Gasteiger partial charge in [-0.15, -0.1) is 0 Å². The van der Waals surface area contributed by atoms with Gasteiger partial charge in [0.1, 0.15) is 10.6 Å². The summed E-state index contributed by atoms with van der Waals surface area (Å²) in [4.78, 5) is 10.7. The van der Waals surface area contributed by atoms with Gasteiger partial charge in [-0.05, 0) is 37.3 Å². The van der Waals surface area contributed by atoms with Crippen molar-refractivity contribution in [2.24, 2.45) is 0 Å². The highest BCUT2D eigenvalue weighted by Gasteiger charge is 2.23. The molecule has 6 nitrogen and oxygen atoms in total. The highest BCUT2D eigenvalue weighted by Crippen LogP contribution is 2.28. The summed E-state index contributed by atoms with van der Waals surface area (Å²) >= 11 is 5.87. The van der Waals surface area contributed by atoms with Crippen LogP contribution in [0.1, 0.15) is 17.3 Å². The minimum atomic E-state index is -4.38. The van der Waals surface area contributed by atoms with Gasteiger partial charge in [-0.2, -0.15) is 8.42 Å². The highest BCUT2D eigenvalue weighted by atomic mass is 35.5. The largest absolute Gasteiger partial charge is 0.379 e. The maximum atomic E-state index is 12.4. The van der Waals surface area contributed by atoms with Gasteiger partial charge in [0.15, 0.2) is 15.6 Å². The molecule has 2 aromatic rings. The van der Waals surface area contributed by atoms with Crippen LogP contribution >= 0.6 is 11.6 Å². The van der Waals surface area contributed by atoms with Crippen LogP contribution in [0.15, 0.2) is 52.3 Å².